The lowest BCUT2D eigenvalue weighted by Gasteiger charge is -2.45. The molecule has 35 heavy (non-hydrogen) atoms. The minimum Gasteiger partial charge on any atom is -0.507 e. The second kappa shape index (κ2) is 8.86. The van der Waals surface area contributed by atoms with Gasteiger partial charge >= 0.3 is 0 Å². The SMILES string of the molecule is CC1(C)CC(=O)C2=C(C1)N(c1cccc(Cl)c1)C(=N)/C(=C(/O)c1ccccc1)C2c1ccccc1. The number of rotatable bonds is 3. The van der Waals surface area contributed by atoms with Gasteiger partial charge in [0.2, 0.25) is 0 Å². The summed E-state index contributed by atoms with van der Waals surface area (Å²) in [6.07, 6.45) is 1.04. The molecule has 2 aliphatic rings. The molecule has 1 heterocycles. The summed E-state index contributed by atoms with van der Waals surface area (Å²) in [6, 6.07) is 26.2. The zero-order valence-corrected chi connectivity index (χ0v) is 20.5. The molecule has 2 N–H and O–H groups in total. The van der Waals surface area contributed by atoms with Gasteiger partial charge in [-0.15, -0.1) is 0 Å². The second-order valence-corrected chi connectivity index (χ2v) is 10.4. The van der Waals surface area contributed by atoms with E-state index >= 15 is 0 Å². The molecule has 1 unspecified atom stereocenters. The van der Waals surface area contributed by atoms with E-state index in [1.54, 1.807) is 17.0 Å². The first-order chi connectivity index (χ1) is 16.8. The fourth-order valence-corrected chi connectivity index (χ4v) is 5.43. The maximum Gasteiger partial charge on any atom is 0.162 e. The molecule has 0 spiro atoms. The summed E-state index contributed by atoms with van der Waals surface area (Å²) in [6.45, 7) is 4.16. The molecule has 176 valence electrons. The largest absolute Gasteiger partial charge is 0.507 e. The van der Waals surface area contributed by atoms with Crippen LogP contribution in [0.25, 0.3) is 5.76 Å². The van der Waals surface area contributed by atoms with Crippen molar-refractivity contribution in [3.8, 4) is 0 Å². The minimum absolute atomic E-state index is 0.000616. The summed E-state index contributed by atoms with van der Waals surface area (Å²) in [5.41, 5.74) is 3.78. The Morgan fingerprint density at radius 2 is 1.63 bits per heavy atom. The van der Waals surface area contributed by atoms with Crippen LogP contribution in [0.1, 0.15) is 43.7 Å². The first-order valence-corrected chi connectivity index (χ1v) is 12.1. The number of halogens is 1. The summed E-state index contributed by atoms with van der Waals surface area (Å²) < 4.78 is 0. The van der Waals surface area contributed by atoms with Gasteiger partial charge in [-0.05, 0) is 35.6 Å². The first-order valence-electron chi connectivity index (χ1n) is 11.7. The molecule has 4 nitrogen and oxygen atoms in total. The lowest BCUT2D eigenvalue weighted by molar-refractivity contribution is -0.118. The number of carbonyl (C=O) groups is 1. The predicted octanol–water partition coefficient (Wildman–Crippen LogP) is 7.53. The van der Waals surface area contributed by atoms with Gasteiger partial charge in [0.15, 0.2) is 5.78 Å². The number of anilines is 1. The number of ketones is 1. The van der Waals surface area contributed by atoms with E-state index < -0.39 is 5.92 Å². The van der Waals surface area contributed by atoms with Crippen molar-refractivity contribution >= 4 is 34.7 Å². The van der Waals surface area contributed by atoms with Crippen LogP contribution in [0.3, 0.4) is 0 Å². The Bertz CT molecular complexity index is 1370. The van der Waals surface area contributed by atoms with Crippen LogP contribution < -0.4 is 4.90 Å². The normalized spacial score (nSPS) is 21.1. The third-order valence-electron chi connectivity index (χ3n) is 6.72. The molecule has 5 rings (SSSR count). The number of allylic oxidation sites excluding steroid dienone is 2. The molecule has 0 saturated heterocycles. The van der Waals surface area contributed by atoms with E-state index in [0.29, 0.717) is 40.3 Å². The van der Waals surface area contributed by atoms with Crippen molar-refractivity contribution in [2.75, 3.05) is 4.90 Å². The molecule has 3 aromatic carbocycles. The molecule has 3 aromatic rings. The van der Waals surface area contributed by atoms with E-state index in [2.05, 4.69) is 13.8 Å². The van der Waals surface area contributed by atoms with Crippen molar-refractivity contribution in [3.05, 3.63) is 118 Å². The lowest BCUT2D eigenvalue weighted by Crippen LogP contribution is -2.45. The first kappa shape index (κ1) is 23.1. The van der Waals surface area contributed by atoms with E-state index in [4.69, 9.17) is 11.6 Å². The Labute approximate surface area is 210 Å². The van der Waals surface area contributed by atoms with Crippen LogP contribution >= 0.6 is 11.6 Å². The Balaban J connectivity index is 1.86. The van der Waals surface area contributed by atoms with E-state index in [1.807, 2.05) is 72.8 Å². The molecule has 1 aliphatic heterocycles. The summed E-state index contributed by atoms with van der Waals surface area (Å²) in [5, 5.41) is 21.5. The number of benzene rings is 3. The topological polar surface area (TPSA) is 64.4 Å². The molecule has 5 heteroatoms. The Kier molecular flexibility index (Phi) is 5.86. The molecule has 0 aromatic heterocycles. The summed E-state index contributed by atoms with van der Waals surface area (Å²) in [4.78, 5) is 15.6. The van der Waals surface area contributed by atoms with E-state index in [-0.39, 0.29) is 22.8 Å². The molecule has 0 fully saturated rings. The molecule has 0 amide bonds. The number of amidine groups is 1. The van der Waals surface area contributed by atoms with Gasteiger partial charge in [0.05, 0.1) is 0 Å². The monoisotopic (exact) mass is 482 g/mol. The van der Waals surface area contributed by atoms with Crippen molar-refractivity contribution in [3.63, 3.8) is 0 Å². The highest BCUT2D eigenvalue weighted by Crippen LogP contribution is 2.51. The molecule has 1 aliphatic carbocycles. The molecule has 0 radical (unpaired) electrons. The summed E-state index contributed by atoms with van der Waals surface area (Å²) in [5.74, 6) is -0.353. The number of aliphatic hydroxyl groups excluding tert-OH is 1. The average molecular weight is 483 g/mol. The molecule has 1 atom stereocenters. The van der Waals surface area contributed by atoms with Gasteiger partial charge < -0.3 is 5.11 Å². The van der Waals surface area contributed by atoms with E-state index in [9.17, 15) is 15.3 Å². The number of carbonyl (C=O) groups excluding carboxylic acids is 1. The number of aliphatic hydroxyl groups is 1. The quantitative estimate of drug-likeness (QED) is 0.379. The van der Waals surface area contributed by atoms with Gasteiger partial charge in [-0.25, -0.2) is 0 Å². The van der Waals surface area contributed by atoms with Crippen molar-refractivity contribution in [1.82, 2.24) is 0 Å². The number of Topliss-reactive ketones (excluding diaryl/α,β-unsaturated/α-hetero) is 1. The Morgan fingerprint density at radius 1 is 0.971 bits per heavy atom. The smallest absolute Gasteiger partial charge is 0.162 e. The van der Waals surface area contributed by atoms with Gasteiger partial charge in [0, 0.05) is 45.5 Å². The van der Waals surface area contributed by atoms with E-state index in [1.165, 1.54) is 0 Å². The van der Waals surface area contributed by atoms with Gasteiger partial charge in [-0.3, -0.25) is 15.1 Å². The summed E-state index contributed by atoms with van der Waals surface area (Å²) in [7, 11) is 0. The molecule has 0 saturated carbocycles. The summed E-state index contributed by atoms with van der Waals surface area (Å²) >= 11 is 6.35. The Morgan fingerprint density at radius 3 is 2.29 bits per heavy atom. The minimum atomic E-state index is -0.544. The van der Waals surface area contributed by atoms with Crippen molar-refractivity contribution < 1.29 is 9.90 Å². The van der Waals surface area contributed by atoms with Crippen LogP contribution in [0.15, 0.2) is 102 Å². The van der Waals surface area contributed by atoms with E-state index in [0.717, 1.165) is 11.3 Å². The van der Waals surface area contributed by atoms with Gasteiger partial charge in [-0.1, -0.05) is 92.2 Å². The highest BCUT2D eigenvalue weighted by Gasteiger charge is 2.46. The maximum absolute atomic E-state index is 13.8. The fourth-order valence-electron chi connectivity index (χ4n) is 5.24. The lowest BCUT2D eigenvalue weighted by atomic mass is 9.67. The van der Waals surface area contributed by atoms with Crippen LogP contribution in [-0.2, 0) is 4.79 Å². The highest BCUT2D eigenvalue weighted by molar-refractivity contribution is 6.31. The fraction of sp³-hybridized carbons (Fsp3) is 0.200. The predicted molar refractivity (Wildman–Crippen MR) is 142 cm³/mol. The molecule has 0 bridgehead atoms. The zero-order valence-electron chi connectivity index (χ0n) is 19.8. The van der Waals surface area contributed by atoms with Crippen LogP contribution in [0.5, 0.6) is 0 Å². The number of nitrogens with zero attached hydrogens (tertiary/aromatic N) is 1. The van der Waals surface area contributed by atoms with Gasteiger partial charge in [0.25, 0.3) is 0 Å². The zero-order chi connectivity index (χ0) is 24.7. The van der Waals surface area contributed by atoms with Crippen LogP contribution in [0.2, 0.25) is 5.02 Å². The van der Waals surface area contributed by atoms with Crippen LogP contribution in [-0.4, -0.2) is 16.7 Å². The standard InChI is InChI=1S/C30H27ClN2O2/c1-30(2)17-23-26(24(34)18-30)25(19-10-5-3-6-11-19)27(28(35)20-12-7-4-8-13-20)29(32)33(23)22-15-9-14-21(31)16-22/h3-16,25,32,35H,17-18H2,1-2H3/b28-27+,32-29?. The van der Waals surface area contributed by atoms with Crippen LogP contribution in [0.4, 0.5) is 5.69 Å². The maximum atomic E-state index is 13.8. The highest BCUT2D eigenvalue weighted by atomic mass is 35.5. The van der Waals surface area contributed by atoms with Gasteiger partial charge in [0.1, 0.15) is 11.6 Å². The van der Waals surface area contributed by atoms with Gasteiger partial charge in [-0.2, -0.15) is 0 Å². The molecular weight excluding hydrogens is 456 g/mol. The third kappa shape index (κ3) is 4.19. The number of hydrogen-bond donors (Lipinski definition) is 2. The second-order valence-electron chi connectivity index (χ2n) is 9.94. The number of nitrogens with one attached hydrogen (secondary N) is 1. The Hall–Kier alpha value is -3.63. The van der Waals surface area contributed by atoms with Crippen LogP contribution in [0, 0.1) is 10.8 Å². The number of hydrogen-bond acceptors (Lipinski definition) is 3. The van der Waals surface area contributed by atoms with Crippen molar-refractivity contribution in [2.24, 2.45) is 5.41 Å². The molecular formula is C30H27ClN2O2. The third-order valence-corrected chi connectivity index (χ3v) is 6.96. The van der Waals surface area contributed by atoms with Crippen molar-refractivity contribution in [2.45, 2.75) is 32.6 Å². The van der Waals surface area contributed by atoms with Crippen molar-refractivity contribution in [1.29, 1.82) is 5.41 Å². The average Bonchev–Trinajstić information content (AvgIpc) is 2.83.